The van der Waals surface area contributed by atoms with Crippen molar-refractivity contribution in [3.05, 3.63) is 0 Å². The van der Waals surface area contributed by atoms with Gasteiger partial charge in [-0.25, -0.2) is 4.79 Å². The molecule has 0 fully saturated rings. The Hall–Kier alpha value is -0.840. The van der Waals surface area contributed by atoms with Gasteiger partial charge >= 0.3 is 16.4 Å². The molecule has 4 N–H and O–H groups in total. The Balaban J connectivity index is 0. The molecule has 1 atom stereocenters. The van der Waals surface area contributed by atoms with Crippen molar-refractivity contribution in [3.8, 4) is 0 Å². The molecule has 0 heterocycles. The number of rotatable bonds is 3. The molecule has 0 aromatic rings. The number of carbonyl (C=O) groups excluding carboxylic acids is 1. The molecular weight excluding hydrogens is 250 g/mol. The third kappa shape index (κ3) is 19.5. The molecule has 0 saturated carbocycles. The Morgan fingerprint density at radius 2 is 1.73 bits per heavy atom. The number of aliphatic carboxylic acids is 1. The number of thiol groups is 1. The Kier molecular flexibility index (Phi) is 8.24. The summed E-state index contributed by atoms with van der Waals surface area (Å²) < 4.78 is 31.6. The maximum atomic E-state index is 10.3. The molecule has 0 aromatic carbocycles. The summed E-state index contributed by atoms with van der Waals surface area (Å²) in [5.74, 6) is -1.32. The van der Waals surface area contributed by atoms with Crippen LogP contribution in [0, 0.1) is 0 Å². The van der Waals surface area contributed by atoms with E-state index in [2.05, 4.69) is 17.9 Å². The fraction of sp³-hybridized carbons (Fsp3) is 0.600. The maximum absolute atomic E-state index is 10.3. The number of carboxylic acids is 1. The van der Waals surface area contributed by atoms with Crippen LogP contribution in [0.5, 0.6) is 0 Å². The van der Waals surface area contributed by atoms with Crippen LogP contribution >= 0.6 is 12.6 Å². The maximum Gasteiger partial charge on any atom is 0.394 e. The van der Waals surface area contributed by atoms with Gasteiger partial charge in [-0.3, -0.25) is 13.9 Å². The van der Waals surface area contributed by atoms with E-state index in [4.69, 9.17) is 22.6 Å². The zero-order valence-electron chi connectivity index (χ0n) is 7.61. The molecule has 8 nitrogen and oxygen atoms in total. The fourth-order valence-corrected chi connectivity index (χ4v) is 0.678. The van der Waals surface area contributed by atoms with Crippen molar-refractivity contribution in [2.45, 2.75) is 13.0 Å². The topological polar surface area (TPSA) is 141 Å². The van der Waals surface area contributed by atoms with E-state index in [-0.39, 0.29) is 11.7 Å². The van der Waals surface area contributed by atoms with Crippen molar-refractivity contribution >= 4 is 34.9 Å². The van der Waals surface area contributed by atoms with Crippen LogP contribution in [0.15, 0.2) is 0 Å². The van der Waals surface area contributed by atoms with Crippen molar-refractivity contribution < 1.29 is 32.2 Å². The highest BCUT2D eigenvalue weighted by Gasteiger charge is 2.15. The molecule has 0 aliphatic heterocycles. The molecule has 1 amide bonds. The Morgan fingerprint density at radius 1 is 1.40 bits per heavy atom. The standard InChI is InChI=1S/C5H9NO3S.H2O4S/c1-3(7)6-4(2-10)5(8)9;1-5(2,3)4/h4,10H,2H2,1H3,(H,6,7)(H,8,9);(H2,1,2,3,4). The minimum Gasteiger partial charge on any atom is -0.480 e. The van der Waals surface area contributed by atoms with Gasteiger partial charge in [0.2, 0.25) is 5.91 Å². The predicted octanol–water partition coefficient (Wildman–Crippen LogP) is -1.15. The summed E-state index contributed by atoms with van der Waals surface area (Å²) in [5.41, 5.74) is 0. The lowest BCUT2D eigenvalue weighted by atomic mass is 10.3. The molecule has 0 radical (unpaired) electrons. The lowest BCUT2D eigenvalue weighted by Crippen LogP contribution is -2.40. The third-order valence-corrected chi connectivity index (χ3v) is 1.22. The van der Waals surface area contributed by atoms with E-state index in [1.807, 2.05) is 0 Å². The molecule has 0 aliphatic rings. The van der Waals surface area contributed by atoms with Gasteiger partial charge in [-0.1, -0.05) is 0 Å². The highest BCUT2D eigenvalue weighted by atomic mass is 32.3. The number of hydrogen-bond donors (Lipinski definition) is 5. The number of amides is 1. The van der Waals surface area contributed by atoms with Crippen LogP contribution < -0.4 is 5.32 Å². The predicted molar refractivity (Wildman–Crippen MR) is 53.3 cm³/mol. The first-order valence-corrected chi connectivity index (χ1v) is 5.41. The van der Waals surface area contributed by atoms with Crippen LogP contribution in [0.4, 0.5) is 0 Å². The van der Waals surface area contributed by atoms with Crippen LogP contribution in [0.1, 0.15) is 6.92 Å². The number of carbonyl (C=O) groups is 2. The van der Waals surface area contributed by atoms with Gasteiger partial charge in [0.05, 0.1) is 0 Å². The summed E-state index contributed by atoms with van der Waals surface area (Å²) in [6.07, 6.45) is 0. The van der Waals surface area contributed by atoms with Gasteiger partial charge in [0.15, 0.2) is 0 Å². The summed E-state index contributed by atoms with van der Waals surface area (Å²) >= 11 is 3.73. The fourth-order valence-electron chi connectivity index (χ4n) is 0.431. The van der Waals surface area contributed by atoms with E-state index in [1.54, 1.807) is 0 Å². The van der Waals surface area contributed by atoms with E-state index in [0.29, 0.717) is 0 Å². The van der Waals surface area contributed by atoms with E-state index in [9.17, 15) is 9.59 Å². The molecule has 0 spiro atoms. The molecular formula is C5H11NO7S2. The number of hydrogen-bond acceptors (Lipinski definition) is 5. The van der Waals surface area contributed by atoms with Crippen LogP contribution in [-0.2, 0) is 20.0 Å². The molecule has 0 aromatic heterocycles. The molecule has 15 heavy (non-hydrogen) atoms. The van der Waals surface area contributed by atoms with Gasteiger partial charge in [-0.2, -0.15) is 21.0 Å². The summed E-state index contributed by atoms with van der Waals surface area (Å²) in [6, 6.07) is -0.874. The normalized spacial score (nSPS) is 12.0. The molecule has 10 heteroatoms. The smallest absolute Gasteiger partial charge is 0.394 e. The van der Waals surface area contributed by atoms with Crippen molar-refractivity contribution in [1.29, 1.82) is 0 Å². The zero-order chi connectivity index (χ0) is 12.6. The second-order valence-electron chi connectivity index (χ2n) is 2.22. The minimum atomic E-state index is -4.67. The lowest BCUT2D eigenvalue weighted by Gasteiger charge is -2.08. The molecule has 0 saturated heterocycles. The minimum absolute atomic E-state index is 0.106. The van der Waals surface area contributed by atoms with Gasteiger partial charge < -0.3 is 10.4 Å². The number of nitrogens with one attached hydrogen (secondary N) is 1. The molecule has 0 rings (SSSR count). The largest absolute Gasteiger partial charge is 0.480 e. The highest BCUT2D eigenvalue weighted by molar-refractivity contribution is 7.80. The summed E-state index contributed by atoms with van der Waals surface area (Å²) in [5, 5.41) is 10.6. The van der Waals surface area contributed by atoms with Crippen molar-refractivity contribution in [2.75, 3.05) is 5.75 Å². The molecule has 1 unspecified atom stereocenters. The van der Waals surface area contributed by atoms with Crippen LogP contribution in [-0.4, -0.2) is 46.3 Å². The molecule has 90 valence electrons. The van der Waals surface area contributed by atoms with Gasteiger partial charge in [0, 0.05) is 12.7 Å². The van der Waals surface area contributed by atoms with Gasteiger partial charge in [-0.15, -0.1) is 0 Å². The highest BCUT2D eigenvalue weighted by Crippen LogP contribution is 1.86. The first-order valence-electron chi connectivity index (χ1n) is 3.38. The second-order valence-corrected chi connectivity index (χ2v) is 3.48. The van der Waals surface area contributed by atoms with Gasteiger partial charge in [0.1, 0.15) is 6.04 Å². The van der Waals surface area contributed by atoms with Crippen LogP contribution in [0.2, 0.25) is 0 Å². The van der Waals surface area contributed by atoms with Crippen LogP contribution in [0.3, 0.4) is 0 Å². The Morgan fingerprint density at radius 3 is 1.80 bits per heavy atom. The molecule has 0 aliphatic carbocycles. The third-order valence-electron chi connectivity index (χ3n) is 0.858. The quantitative estimate of drug-likeness (QED) is 0.319. The zero-order valence-corrected chi connectivity index (χ0v) is 9.33. The Bertz CT molecular complexity index is 303. The monoisotopic (exact) mass is 261 g/mol. The van der Waals surface area contributed by atoms with E-state index in [1.165, 1.54) is 6.92 Å². The summed E-state index contributed by atoms with van der Waals surface area (Å²) in [4.78, 5) is 20.5. The lowest BCUT2D eigenvalue weighted by molar-refractivity contribution is -0.140. The SMILES string of the molecule is CC(=O)NC(CS)C(=O)O.O=S(=O)(O)O. The molecule has 0 bridgehead atoms. The van der Waals surface area contributed by atoms with E-state index < -0.39 is 22.4 Å². The summed E-state index contributed by atoms with van der Waals surface area (Å²) in [6.45, 7) is 1.26. The van der Waals surface area contributed by atoms with Crippen molar-refractivity contribution in [1.82, 2.24) is 5.32 Å². The second kappa shape index (κ2) is 7.45. The average Bonchev–Trinajstić information content (AvgIpc) is 1.95. The first kappa shape index (κ1) is 16.6. The number of carboxylic acid groups (broad SMARTS) is 1. The van der Waals surface area contributed by atoms with Gasteiger partial charge in [0.25, 0.3) is 0 Å². The van der Waals surface area contributed by atoms with Gasteiger partial charge in [-0.05, 0) is 0 Å². The van der Waals surface area contributed by atoms with Crippen molar-refractivity contribution in [3.63, 3.8) is 0 Å². The first-order chi connectivity index (χ1) is 6.57. The summed E-state index contributed by atoms with van der Waals surface area (Å²) in [7, 11) is -4.67. The van der Waals surface area contributed by atoms with Crippen molar-refractivity contribution in [2.24, 2.45) is 0 Å². The van der Waals surface area contributed by atoms with Crippen LogP contribution in [0.25, 0.3) is 0 Å². The van der Waals surface area contributed by atoms with E-state index >= 15 is 0 Å². The average molecular weight is 261 g/mol. The Labute approximate surface area is 91.7 Å². The van der Waals surface area contributed by atoms with E-state index in [0.717, 1.165) is 0 Å².